The third-order valence-electron chi connectivity index (χ3n) is 3.55. The zero-order chi connectivity index (χ0) is 16.8. The Bertz CT molecular complexity index is 777. The number of hydrogen-bond acceptors (Lipinski definition) is 5. The molecule has 0 amide bonds. The average molecular weight is 323 g/mol. The van der Waals surface area contributed by atoms with Crippen LogP contribution in [0.4, 0.5) is 16.2 Å². The summed E-state index contributed by atoms with van der Waals surface area (Å²) in [6, 6.07) is 14.1. The molecular weight excluding hydrogens is 305 g/mol. The van der Waals surface area contributed by atoms with E-state index in [1.165, 1.54) is 5.56 Å². The third kappa shape index (κ3) is 4.04. The molecule has 1 N–H and O–H groups in total. The van der Waals surface area contributed by atoms with E-state index in [1.54, 1.807) is 6.20 Å². The molecule has 0 spiro atoms. The summed E-state index contributed by atoms with van der Waals surface area (Å²) in [5.41, 5.74) is 2.23. The third-order valence-corrected chi connectivity index (χ3v) is 3.55. The number of aromatic nitrogens is 3. The van der Waals surface area contributed by atoms with Crippen molar-refractivity contribution >= 4 is 11.8 Å². The average Bonchev–Trinajstić information content (AvgIpc) is 2.62. The van der Waals surface area contributed by atoms with Gasteiger partial charge in [-0.05, 0) is 11.6 Å². The molecule has 2 heterocycles. The maximum Gasteiger partial charge on any atom is 0.223 e. The first-order valence-electron chi connectivity index (χ1n) is 7.63. The number of hydrogen-bond donors (Lipinski definition) is 1. The maximum absolute atomic E-state index is 12.9. The molecule has 0 bridgehead atoms. The first kappa shape index (κ1) is 15.9. The lowest BCUT2D eigenvalue weighted by Gasteiger charge is -2.21. The van der Waals surface area contributed by atoms with Crippen LogP contribution in [-0.2, 0) is 13.1 Å². The van der Waals surface area contributed by atoms with E-state index in [0.717, 1.165) is 30.3 Å². The fraction of sp³-hybridized carbons (Fsp3) is 0.167. The van der Waals surface area contributed by atoms with Crippen molar-refractivity contribution in [2.45, 2.75) is 13.1 Å². The van der Waals surface area contributed by atoms with Gasteiger partial charge in [0.15, 0.2) is 5.82 Å². The number of rotatable bonds is 6. The van der Waals surface area contributed by atoms with Crippen LogP contribution in [0.3, 0.4) is 0 Å². The van der Waals surface area contributed by atoms with E-state index in [-0.39, 0.29) is 0 Å². The fourth-order valence-corrected chi connectivity index (χ4v) is 2.42. The summed E-state index contributed by atoms with van der Waals surface area (Å²) in [5, 5.41) is 3.09. The molecule has 0 radical (unpaired) electrons. The Balaban J connectivity index is 1.71. The second-order valence-corrected chi connectivity index (χ2v) is 5.41. The molecule has 0 unspecified atom stereocenters. The molecule has 3 rings (SSSR count). The van der Waals surface area contributed by atoms with E-state index in [4.69, 9.17) is 0 Å². The van der Waals surface area contributed by atoms with Gasteiger partial charge in [-0.2, -0.15) is 0 Å². The molecule has 2 aromatic heterocycles. The van der Waals surface area contributed by atoms with Crippen molar-refractivity contribution in [3.63, 3.8) is 0 Å². The molecule has 0 atom stereocenters. The highest BCUT2D eigenvalue weighted by Crippen LogP contribution is 2.19. The largest absolute Gasteiger partial charge is 0.355 e. The van der Waals surface area contributed by atoms with E-state index >= 15 is 0 Å². The lowest BCUT2D eigenvalue weighted by molar-refractivity contribution is 0.614. The van der Waals surface area contributed by atoms with Gasteiger partial charge in [-0.3, -0.25) is 0 Å². The minimum absolute atomic E-state index is 0.386. The Morgan fingerprint density at radius 1 is 1.00 bits per heavy atom. The standard InChI is InChI=1S/C18H18FN5/c1-24(13-14-6-3-2-4-7-14)17-15(8-5-9-20-17)10-21-18-22-11-16(19)12-23-18/h2-9,11-12H,10,13H2,1H3,(H,21,22,23). The molecular formula is C18H18FN5. The van der Waals surface area contributed by atoms with Crippen LogP contribution in [0.25, 0.3) is 0 Å². The molecule has 6 heteroatoms. The summed E-state index contributed by atoms with van der Waals surface area (Å²) < 4.78 is 12.9. The maximum atomic E-state index is 12.9. The van der Waals surface area contributed by atoms with Crippen LogP contribution in [-0.4, -0.2) is 22.0 Å². The topological polar surface area (TPSA) is 53.9 Å². The zero-order valence-corrected chi connectivity index (χ0v) is 13.4. The van der Waals surface area contributed by atoms with Crippen LogP contribution in [0.2, 0.25) is 0 Å². The van der Waals surface area contributed by atoms with Crippen LogP contribution in [0.5, 0.6) is 0 Å². The van der Waals surface area contributed by atoms with Crippen molar-refractivity contribution in [1.29, 1.82) is 0 Å². The van der Waals surface area contributed by atoms with Gasteiger partial charge in [-0.15, -0.1) is 0 Å². The zero-order valence-electron chi connectivity index (χ0n) is 13.4. The lowest BCUT2D eigenvalue weighted by Crippen LogP contribution is -2.20. The summed E-state index contributed by atoms with van der Waals surface area (Å²) >= 11 is 0. The second kappa shape index (κ2) is 7.50. The van der Waals surface area contributed by atoms with Crippen molar-refractivity contribution in [2.24, 2.45) is 0 Å². The van der Waals surface area contributed by atoms with Gasteiger partial charge in [0, 0.05) is 31.9 Å². The molecule has 24 heavy (non-hydrogen) atoms. The number of benzene rings is 1. The highest BCUT2D eigenvalue weighted by atomic mass is 19.1. The molecule has 5 nitrogen and oxygen atoms in total. The van der Waals surface area contributed by atoms with Gasteiger partial charge in [0.25, 0.3) is 0 Å². The number of anilines is 2. The Hall–Kier alpha value is -3.02. The van der Waals surface area contributed by atoms with E-state index in [1.807, 2.05) is 37.4 Å². The highest BCUT2D eigenvalue weighted by molar-refractivity contribution is 5.48. The molecule has 3 aromatic rings. The summed E-state index contributed by atoms with van der Waals surface area (Å²) in [4.78, 5) is 14.4. The summed E-state index contributed by atoms with van der Waals surface area (Å²) in [5.74, 6) is 0.818. The van der Waals surface area contributed by atoms with Crippen LogP contribution in [0.1, 0.15) is 11.1 Å². The highest BCUT2D eigenvalue weighted by Gasteiger charge is 2.09. The van der Waals surface area contributed by atoms with Crippen LogP contribution < -0.4 is 10.2 Å². The van der Waals surface area contributed by atoms with Gasteiger partial charge < -0.3 is 10.2 Å². The monoisotopic (exact) mass is 323 g/mol. The van der Waals surface area contributed by atoms with Gasteiger partial charge in [-0.25, -0.2) is 19.3 Å². The minimum atomic E-state index is -0.454. The van der Waals surface area contributed by atoms with Crippen molar-refractivity contribution in [2.75, 3.05) is 17.3 Å². The van der Waals surface area contributed by atoms with Crippen LogP contribution in [0.15, 0.2) is 61.1 Å². The van der Waals surface area contributed by atoms with Gasteiger partial charge in [0.2, 0.25) is 5.95 Å². The number of pyridine rings is 1. The van der Waals surface area contributed by atoms with Crippen molar-refractivity contribution in [3.05, 3.63) is 78.0 Å². The van der Waals surface area contributed by atoms with Gasteiger partial charge in [0.1, 0.15) is 5.82 Å². The molecule has 0 saturated heterocycles. The summed E-state index contributed by atoms with van der Waals surface area (Å²) in [7, 11) is 2.01. The van der Waals surface area contributed by atoms with Gasteiger partial charge >= 0.3 is 0 Å². The Morgan fingerprint density at radius 2 is 1.75 bits per heavy atom. The Labute approximate surface area is 140 Å². The van der Waals surface area contributed by atoms with Crippen molar-refractivity contribution in [3.8, 4) is 0 Å². The predicted molar refractivity (Wildman–Crippen MR) is 92.1 cm³/mol. The molecule has 0 aliphatic heterocycles. The normalized spacial score (nSPS) is 10.4. The second-order valence-electron chi connectivity index (χ2n) is 5.41. The van der Waals surface area contributed by atoms with Crippen LogP contribution >= 0.6 is 0 Å². The lowest BCUT2D eigenvalue weighted by atomic mass is 10.2. The molecule has 0 fully saturated rings. The molecule has 1 aromatic carbocycles. The number of nitrogens with zero attached hydrogens (tertiary/aromatic N) is 4. The number of halogens is 1. The molecule has 0 aliphatic carbocycles. The SMILES string of the molecule is CN(Cc1ccccc1)c1ncccc1CNc1ncc(F)cn1. The Morgan fingerprint density at radius 3 is 2.50 bits per heavy atom. The van der Waals surface area contributed by atoms with Gasteiger partial charge in [0.05, 0.1) is 12.4 Å². The van der Waals surface area contributed by atoms with Crippen molar-refractivity contribution in [1.82, 2.24) is 15.0 Å². The fourth-order valence-electron chi connectivity index (χ4n) is 2.42. The molecule has 0 aliphatic rings. The van der Waals surface area contributed by atoms with Crippen LogP contribution in [0, 0.1) is 5.82 Å². The van der Waals surface area contributed by atoms with Gasteiger partial charge in [-0.1, -0.05) is 36.4 Å². The molecule has 122 valence electrons. The smallest absolute Gasteiger partial charge is 0.223 e. The number of nitrogens with one attached hydrogen (secondary N) is 1. The van der Waals surface area contributed by atoms with E-state index in [2.05, 4.69) is 37.3 Å². The predicted octanol–water partition coefficient (Wildman–Crippen LogP) is 3.26. The van der Waals surface area contributed by atoms with E-state index in [0.29, 0.717) is 12.5 Å². The first-order chi connectivity index (χ1) is 11.7. The summed E-state index contributed by atoms with van der Waals surface area (Å²) in [6.45, 7) is 1.27. The summed E-state index contributed by atoms with van der Waals surface area (Å²) in [6.07, 6.45) is 4.05. The van der Waals surface area contributed by atoms with Crippen molar-refractivity contribution < 1.29 is 4.39 Å². The first-order valence-corrected chi connectivity index (χ1v) is 7.63. The van der Waals surface area contributed by atoms with E-state index in [9.17, 15) is 4.39 Å². The minimum Gasteiger partial charge on any atom is -0.355 e. The van der Waals surface area contributed by atoms with E-state index < -0.39 is 5.82 Å². The quantitative estimate of drug-likeness (QED) is 0.754. The Kier molecular flexibility index (Phi) is 4.96. The molecule has 0 saturated carbocycles.